The molecule has 0 N–H and O–H groups in total. The lowest BCUT2D eigenvalue weighted by molar-refractivity contribution is 0.942. The standard InChI is InChI=1S/C18H20/c1-15(13-14-17-9-5-3-6-10-17)16(2)18-11-7-4-8-12-18/h3-12H,13-14H2,1-2H3/b16-15+. The molecule has 0 bridgehead atoms. The summed E-state index contributed by atoms with van der Waals surface area (Å²) in [6, 6.07) is 21.3. The predicted molar refractivity (Wildman–Crippen MR) is 79.5 cm³/mol. The van der Waals surface area contributed by atoms with Gasteiger partial charge in [-0.1, -0.05) is 66.2 Å². The minimum Gasteiger partial charge on any atom is -0.0695 e. The van der Waals surface area contributed by atoms with Crippen molar-refractivity contribution in [2.75, 3.05) is 0 Å². The van der Waals surface area contributed by atoms with E-state index in [1.807, 2.05) is 0 Å². The molecule has 0 saturated carbocycles. The SMILES string of the molecule is C/C(CCc1ccccc1)=C(/C)c1ccccc1. The van der Waals surface area contributed by atoms with Crippen LogP contribution in [0.3, 0.4) is 0 Å². The Bertz CT molecular complexity index is 506. The van der Waals surface area contributed by atoms with Crippen molar-refractivity contribution in [3.63, 3.8) is 0 Å². The molecule has 0 aliphatic carbocycles. The molecule has 0 amide bonds. The summed E-state index contributed by atoms with van der Waals surface area (Å²) in [4.78, 5) is 0. The molecule has 0 atom stereocenters. The van der Waals surface area contributed by atoms with Gasteiger partial charge in [0.15, 0.2) is 0 Å². The first-order chi connectivity index (χ1) is 8.77. The van der Waals surface area contributed by atoms with E-state index in [1.54, 1.807) is 0 Å². The Morgan fingerprint density at radius 3 is 1.94 bits per heavy atom. The van der Waals surface area contributed by atoms with E-state index in [-0.39, 0.29) is 0 Å². The summed E-state index contributed by atoms with van der Waals surface area (Å²) < 4.78 is 0. The average molecular weight is 236 g/mol. The Balaban J connectivity index is 2.05. The van der Waals surface area contributed by atoms with Crippen LogP contribution in [0.5, 0.6) is 0 Å². The van der Waals surface area contributed by atoms with Gasteiger partial charge in [-0.15, -0.1) is 0 Å². The molecule has 0 heteroatoms. The lowest BCUT2D eigenvalue weighted by Gasteiger charge is -2.08. The van der Waals surface area contributed by atoms with Gasteiger partial charge in [0.25, 0.3) is 0 Å². The molecule has 2 aromatic rings. The summed E-state index contributed by atoms with van der Waals surface area (Å²) in [6.07, 6.45) is 2.25. The zero-order chi connectivity index (χ0) is 12.8. The van der Waals surface area contributed by atoms with Gasteiger partial charge in [0, 0.05) is 0 Å². The van der Waals surface area contributed by atoms with Gasteiger partial charge in [0.1, 0.15) is 0 Å². The number of hydrogen-bond acceptors (Lipinski definition) is 0. The minimum absolute atomic E-state index is 1.12. The van der Waals surface area contributed by atoms with Gasteiger partial charge in [-0.2, -0.15) is 0 Å². The second-order valence-electron chi connectivity index (χ2n) is 4.76. The molecule has 0 aliphatic heterocycles. The topological polar surface area (TPSA) is 0 Å². The zero-order valence-corrected chi connectivity index (χ0v) is 11.2. The van der Waals surface area contributed by atoms with Crippen molar-refractivity contribution >= 4 is 5.57 Å². The zero-order valence-electron chi connectivity index (χ0n) is 11.2. The first-order valence-corrected chi connectivity index (χ1v) is 6.53. The maximum Gasteiger partial charge on any atom is -0.0228 e. The van der Waals surface area contributed by atoms with Crippen LogP contribution in [-0.2, 0) is 6.42 Å². The molecular formula is C18H20. The van der Waals surface area contributed by atoms with Gasteiger partial charge in [-0.25, -0.2) is 0 Å². The Morgan fingerprint density at radius 1 is 0.778 bits per heavy atom. The van der Waals surface area contributed by atoms with Crippen molar-refractivity contribution < 1.29 is 0 Å². The fourth-order valence-electron chi connectivity index (χ4n) is 2.10. The van der Waals surface area contributed by atoms with Gasteiger partial charge in [-0.3, -0.25) is 0 Å². The summed E-state index contributed by atoms with van der Waals surface area (Å²) in [5.41, 5.74) is 5.64. The molecule has 0 saturated heterocycles. The molecule has 0 fully saturated rings. The molecule has 0 unspecified atom stereocenters. The summed E-state index contributed by atoms with van der Waals surface area (Å²) in [7, 11) is 0. The van der Waals surface area contributed by atoms with Gasteiger partial charge >= 0.3 is 0 Å². The summed E-state index contributed by atoms with van der Waals surface area (Å²) in [6.45, 7) is 4.46. The van der Waals surface area contributed by atoms with Crippen LogP contribution in [0.25, 0.3) is 5.57 Å². The molecule has 18 heavy (non-hydrogen) atoms. The van der Waals surface area contributed by atoms with Crippen LogP contribution in [0.2, 0.25) is 0 Å². The van der Waals surface area contributed by atoms with Gasteiger partial charge in [0.2, 0.25) is 0 Å². The number of hydrogen-bond donors (Lipinski definition) is 0. The van der Waals surface area contributed by atoms with Crippen molar-refractivity contribution in [3.8, 4) is 0 Å². The Kier molecular flexibility index (Phi) is 4.35. The van der Waals surface area contributed by atoms with E-state index < -0.39 is 0 Å². The molecule has 0 aliphatic rings. The third-order valence-corrected chi connectivity index (χ3v) is 3.48. The van der Waals surface area contributed by atoms with Gasteiger partial charge in [-0.05, 0) is 43.4 Å². The number of aryl methyl sites for hydroxylation is 1. The van der Waals surface area contributed by atoms with E-state index in [1.165, 1.54) is 22.3 Å². The monoisotopic (exact) mass is 236 g/mol. The highest BCUT2D eigenvalue weighted by molar-refractivity contribution is 5.66. The van der Waals surface area contributed by atoms with E-state index >= 15 is 0 Å². The second-order valence-corrected chi connectivity index (χ2v) is 4.76. The lowest BCUT2D eigenvalue weighted by atomic mass is 9.97. The number of rotatable bonds is 4. The maximum atomic E-state index is 2.24. The Morgan fingerprint density at radius 2 is 1.33 bits per heavy atom. The fourth-order valence-corrected chi connectivity index (χ4v) is 2.10. The van der Waals surface area contributed by atoms with Crippen molar-refractivity contribution in [1.29, 1.82) is 0 Å². The van der Waals surface area contributed by atoms with Crippen LogP contribution in [0, 0.1) is 0 Å². The molecule has 0 aromatic heterocycles. The van der Waals surface area contributed by atoms with E-state index in [0.29, 0.717) is 0 Å². The Labute approximate surface area is 110 Å². The van der Waals surface area contributed by atoms with Crippen molar-refractivity contribution in [3.05, 3.63) is 77.4 Å². The van der Waals surface area contributed by atoms with E-state index in [9.17, 15) is 0 Å². The highest BCUT2D eigenvalue weighted by atomic mass is 14.1. The quantitative estimate of drug-likeness (QED) is 0.691. The summed E-state index contributed by atoms with van der Waals surface area (Å²) in [5, 5.41) is 0. The summed E-state index contributed by atoms with van der Waals surface area (Å²) in [5.74, 6) is 0. The summed E-state index contributed by atoms with van der Waals surface area (Å²) >= 11 is 0. The van der Waals surface area contributed by atoms with Crippen LogP contribution in [-0.4, -0.2) is 0 Å². The molecule has 0 nitrogen and oxygen atoms in total. The van der Waals surface area contributed by atoms with Crippen molar-refractivity contribution in [1.82, 2.24) is 0 Å². The van der Waals surface area contributed by atoms with Crippen molar-refractivity contribution in [2.45, 2.75) is 26.7 Å². The molecule has 2 aromatic carbocycles. The number of benzene rings is 2. The molecule has 92 valence electrons. The first kappa shape index (κ1) is 12.6. The molecule has 2 rings (SSSR count). The third kappa shape index (κ3) is 3.33. The smallest absolute Gasteiger partial charge is 0.0228 e. The highest BCUT2D eigenvalue weighted by Crippen LogP contribution is 2.21. The van der Waals surface area contributed by atoms with Crippen LogP contribution in [0.4, 0.5) is 0 Å². The second kappa shape index (κ2) is 6.20. The van der Waals surface area contributed by atoms with Gasteiger partial charge < -0.3 is 0 Å². The average Bonchev–Trinajstić information content (AvgIpc) is 2.46. The number of allylic oxidation sites excluding steroid dienone is 2. The molecule has 0 heterocycles. The van der Waals surface area contributed by atoms with E-state index in [0.717, 1.165) is 12.8 Å². The van der Waals surface area contributed by atoms with E-state index in [2.05, 4.69) is 74.5 Å². The largest absolute Gasteiger partial charge is 0.0695 e. The fraction of sp³-hybridized carbons (Fsp3) is 0.222. The molecular weight excluding hydrogens is 216 g/mol. The van der Waals surface area contributed by atoms with Crippen LogP contribution in [0.15, 0.2) is 66.2 Å². The predicted octanol–water partition coefficient (Wildman–Crippen LogP) is 5.11. The third-order valence-electron chi connectivity index (χ3n) is 3.48. The van der Waals surface area contributed by atoms with Crippen molar-refractivity contribution in [2.24, 2.45) is 0 Å². The van der Waals surface area contributed by atoms with Crippen LogP contribution < -0.4 is 0 Å². The molecule has 0 radical (unpaired) electrons. The minimum atomic E-state index is 1.12. The lowest BCUT2D eigenvalue weighted by Crippen LogP contribution is -1.90. The van der Waals surface area contributed by atoms with Crippen LogP contribution >= 0.6 is 0 Å². The van der Waals surface area contributed by atoms with E-state index in [4.69, 9.17) is 0 Å². The Hall–Kier alpha value is -1.82. The highest BCUT2D eigenvalue weighted by Gasteiger charge is 2.00. The molecule has 0 spiro atoms. The van der Waals surface area contributed by atoms with Crippen LogP contribution in [0.1, 0.15) is 31.4 Å². The van der Waals surface area contributed by atoms with Gasteiger partial charge in [0.05, 0.1) is 0 Å². The maximum absolute atomic E-state index is 2.24. The normalized spacial score (nSPS) is 12.1. The first-order valence-electron chi connectivity index (χ1n) is 6.53.